The van der Waals surface area contributed by atoms with Crippen LogP contribution in [0.1, 0.15) is 17.2 Å². The Labute approximate surface area is 141 Å². The smallest absolute Gasteiger partial charge is 0.332 e. The van der Waals surface area contributed by atoms with E-state index in [2.05, 4.69) is 37.2 Å². The molecule has 0 saturated carbocycles. The molecule has 2 aromatic rings. The number of nitrogens with one attached hydrogen (secondary N) is 1. The van der Waals surface area contributed by atoms with Crippen molar-refractivity contribution in [3.8, 4) is 0 Å². The van der Waals surface area contributed by atoms with Crippen molar-refractivity contribution < 1.29 is 9.53 Å². The van der Waals surface area contributed by atoms with Gasteiger partial charge < -0.3 is 10.1 Å². The normalized spacial score (nSPS) is 11.8. The summed E-state index contributed by atoms with van der Waals surface area (Å²) >= 11 is 6.89. The van der Waals surface area contributed by atoms with E-state index >= 15 is 0 Å². The van der Waals surface area contributed by atoms with Crippen LogP contribution in [0.4, 0.5) is 5.69 Å². The number of ether oxygens (including phenoxy) is 1. The summed E-state index contributed by atoms with van der Waals surface area (Å²) in [6, 6.07) is 12.9. The zero-order valence-corrected chi connectivity index (χ0v) is 14.9. The largest absolute Gasteiger partial charge is 0.467 e. The summed E-state index contributed by atoms with van der Waals surface area (Å²) in [5.74, 6) is -0.323. The number of esters is 1. The predicted molar refractivity (Wildman–Crippen MR) is 91.4 cm³/mol. The molecule has 1 atom stereocenters. The van der Waals surface area contributed by atoms with E-state index in [0.717, 1.165) is 25.8 Å². The number of anilines is 1. The van der Waals surface area contributed by atoms with Crippen LogP contribution in [-0.2, 0) is 9.53 Å². The van der Waals surface area contributed by atoms with Gasteiger partial charge in [0.1, 0.15) is 0 Å². The molecule has 0 heterocycles. The molecule has 0 aromatic heterocycles. The second kappa shape index (κ2) is 7.09. The fourth-order valence-electron chi connectivity index (χ4n) is 1.99. The number of rotatable bonds is 4. The van der Waals surface area contributed by atoms with Crippen LogP contribution in [0.5, 0.6) is 0 Å². The maximum absolute atomic E-state index is 12.1. The average Bonchev–Trinajstić information content (AvgIpc) is 2.47. The van der Waals surface area contributed by atoms with Gasteiger partial charge in [-0.2, -0.15) is 0 Å². The molecule has 0 fully saturated rings. The highest BCUT2D eigenvalue weighted by atomic mass is 79.9. The van der Waals surface area contributed by atoms with Gasteiger partial charge in [-0.25, -0.2) is 4.79 Å². The lowest BCUT2D eigenvalue weighted by atomic mass is 10.0. The zero-order valence-electron chi connectivity index (χ0n) is 11.7. The van der Waals surface area contributed by atoms with Gasteiger partial charge in [0, 0.05) is 14.6 Å². The van der Waals surface area contributed by atoms with E-state index in [0.29, 0.717) is 0 Å². The summed E-state index contributed by atoms with van der Waals surface area (Å²) in [6.45, 7) is 1.99. The van der Waals surface area contributed by atoms with Crippen LogP contribution in [0.3, 0.4) is 0 Å². The molecule has 1 unspecified atom stereocenters. The standard InChI is InChI=1S/C16H15Br2NO2/c1-10-8-11(6-7-14(10)18)15(16(20)21-2)19-13-5-3-4-12(17)9-13/h3-9,15,19H,1-2H3. The third-order valence-corrected chi connectivity index (χ3v) is 4.47. The minimum atomic E-state index is -0.545. The summed E-state index contributed by atoms with van der Waals surface area (Å²) in [7, 11) is 1.39. The molecule has 0 radical (unpaired) electrons. The molecule has 0 aliphatic rings. The lowest BCUT2D eigenvalue weighted by molar-refractivity contribution is -0.141. The highest BCUT2D eigenvalue weighted by molar-refractivity contribution is 9.10. The lowest BCUT2D eigenvalue weighted by Gasteiger charge is -2.19. The Hall–Kier alpha value is -1.33. The van der Waals surface area contributed by atoms with Crippen molar-refractivity contribution >= 4 is 43.5 Å². The zero-order chi connectivity index (χ0) is 15.4. The van der Waals surface area contributed by atoms with Gasteiger partial charge in [0.15, 0.2) is 6.04 Å². The molecule has 21 heavy (non-hydrogen) atoms. The van der Waals surface area contributed by atoms with Crippen LogP contribution in [0, 0.1) is 6.92 Å². The van der Waals surface area contributed by atoms with E-state index in [4.69, 9.17) is 4.74 Å². The molecule has 1 N–H and O–H groups in total. The summed E-state index contributed by atoms with van der Waals surface area (Å²) in [5, 5.41) is 3.21. The predicted octanol–water partition coefficient (Wildman–Crippen LogP) is 4.85. The van der Waals surface area contributed by atoms with Crippen LogP contribution in [0.2, 0.25) is 0 Å². The number of halogens is 2. The first kappa shape index (κ1) is 16.0. The summed E-state index contributed by atoms with van der Waals surface area (Å²) in [5.41, 5.74) is 2.78. The van der Waals surface area contributed by atoms with E-state index in [9.17, 15) is 4.79 Å². The molecule has 0 amide bonds. The fourth-order valence-corrected chi connectivity index (χ4v) is 2.63. The summed E-state index contributed by atoms with van der Waals surface area (Å²) < 4.78 is 6.87. The van der Waals surface area contributed by atoms with Crippen LogP contribution >= 0.6 is 31.9 Å². The SMILES string of the molecule is COC(=O)C(Nc1cccc(Br)c1)c1ccc(Br)c(C)c1. The molecule has 110 valence electrons. The van der Waals surface area contributed by atoms with Crippen molar-refractivity contribution in [2.45, 2.75) is 13.0 Å². The molecule has 0 aliphatic heterocycles. The van der Waals surface area contributed by atoms with Gasteiger partial charge in [0.05, 0.1) is 7.11 Å². The number of methoxy groups -OCH3 is 1. The van der Waals surface area contributed by atoms with Gasteiger partial charge in [0.2, 0.25) is 0 Å². The second-order valence-corrected chi connectivity index (χ2v) is 6.39. The number of hydrogen-bond donors (Lipinski definition) is 1. The molecule has 5 heteroatoms. The van der Waals surface area contributed by atoms with Crippen molar-refractivity contribution in [2.75, 3.05) is 12.4 Å². The number of aryl methyl sites for hydroxylation is 1. The Bertz CT molecular complexity index is 658. The fraction of sp³-hybridized carbons (Fsp3) is 0.188. The first-order chi connectivity index (χ1) is 10.0. The highest BCUT2D eigenvalue weighted by Gasteiger charge is 2.21. The molecular weight excluding hydrogens is 398 g/mol. The van der Waals surface area contributed by atoms with Crippen LogP contribution in [0.15, 0.2) is 51.4 Å². The molecular formula is C16H15Br2NO2. The first-order valence-electron chi connectivity index (χ1n) is 6.37. The van der Waals surface area contributed by atoms with Gasteiger partial charge in [0.25, 0.3) is 0 Å². The Morgan fingerprint density at radius 3 is 2.57 bits per heavy atom. The molecule has 0 aliphatic carbocycles. The van der Waals surface area contributed by atoms with Crippen molar-refractivity contribution in [2.24, 2.45) is 0 Å². The average molecular weight is 413 g/mol. The van der Waals surface area contributed by atoms with E-state index < -0.39 is 6.04 Å². The number of hydrogen-bond acceptors (Lipinski definition) is 3. The lowest BCUT2D eigenvalue weighted by Crippen LogP contribution is -2.22. The van der Waals surface area contributed by atoms with Gasteiger partial charge in [-0.15, -0.1) is 0 Å². The molecule has 3 nitrogen and oxygen atoms in total. The van der Waals surface area contributed by atoms with Gasteiger partial charge in [-0.1, -0.05) is 50.1 Å². The van der Waals surface area contributed by atoms with Crippen LogP contribution in [0.25, 0.3) is 0 Å². The minimum absolute atomic E-state index is 0.323. The maximum atomic E-state index is 12.1. The Morgan fingerprint density at radius 1 is 1.19 bits per heavy atom. The Morgan fingerprint density at radius 2 is 1.95 bits per heavy atom. The van der Waals surface area contributed by atoms with E-state index in [1.807, 2.05) is 49.4 Å². The van der Waals surface area contributed by atoms with Crippen molar-refractivity contribution in [1.82, 2.24) is 0 Å². The summed E-state index contributed by atoms with van der Waals surface area (Å²) in [6.07, 6.45) is 0. The quantitative estimate of drug-likeness (QED) is 0.729. The number of benzene rings is 2. The third-order valence-electron chi connectivity index (χ3n) is 3.09. The molecule has 0 bridgehead atoms. The Kier molecular flexibility index (Phi) is 5.42. The molecule has 0 saturated heterocycles. The minimum Gasteiger partial charge on any atom is -0.467 e. The molecule has 2 rings (SSSR count). The van der Waals surface area contributed by atoms with Gasteiger partial charge in [-0.3, -0.25) is 0 Å². The number of carbonyl (C=O) groups is 1. The van der Waals surface area contributed by atoms with Gasteiger partial charge >= 0.3 is 5.97 Å². The van der Waals surface area contributed by atoms with Crippen LogP contribution in [-0.4, -0.2) is 13.1 Å². The third kappa shape index (κ3) is 4.08. The second-order valence-electron chi connectivity index (χ2n) is 4.62. The topological polar surface area (TPSA) is 38.3 Å². The highest BCUT2D eigenvalue weighted by Crippen LogP contribution is 2.26. The molecule has 0 spiro atoms. The van der Waals surface area contributed by atoms with Crippen molar-refractivity contribution in [3.63, 3.8) is 0 Å². The number of carbonyl (C=O) groups excluding carboxylic acids is 1. The van der Waals surface area contributed by atoms with E-state index in [1.165, 1.54) is 7.11 Å². The van der Waals surface area contributed by atoms with Crippen LogP contribution < -0.4 is 5.32 Å². The van der Waals surface area contributed by atoms with Gasteiger partial charge in [-0.05, 0) is 42.3 Å². The summed E-state index contributed by atoms with van der Waals surface area (Å²) in [4.78, 5) is 12.1. The first-order valence-corrected chi connectivity index (χ1v) is 7.96. The van der Waals surface area contributed by atoms with E-state index in [1.54, 1.807) is 0 Å². The van der Waals surface area contributed by atoms with Crippen molar-refractivity contribution in [1.29, 1.82) is 0 Å². The van der Waals surface area contributed by atoms with Crippen molar-refractivity contribution in [3.05, 3.63) is 62.5 Å². The Balaban J connectivity index is 2.34. The van der Waals surface area contributed by atoms with E-state index in [-0.39, 0.29) is 5.97 Å². The maximum Gasteiger partial charge on any atom is 0.332 e. The monoisotopic (exact) mass is 411 g/mol. The molecule has 2 aromatic carbocycles.